The number of aryl methyl sites for hydroxylation is 2. The fraction of sp³-hybridized carbons (Fsp3) is 0.345. The maximum absolute atomic E-state index is 11.6. The lowest BCUT2D eigenvalue weighted by Gasteiger charge is -2.15. The van der Waals surface area contributed by atoms with Gasteiger partial charge in [-0.1, -0.05) is 68.3 Å². The van der Waals surface area contributed by atoms with E-state index in [0.717, 1.165) is 96.4 Å². The lowest BCUT2D eigenvalue weighted by atomic mass is 9.98. The molecule has 0 atom stereocenters. The van der Waals surface area contributed by atoms with Gasteiger partial charge in [0.25, 0.3) is 0 Å². The predicted molar refractivity (Wildman–Crippen MR) is 143 cm³/mol. The van der Waals surface area contributed by atoms with Gasteiger partial charge in [0.15, 0.2) is 0 Å². The van der Waals surface area contributed by atoms with Crippen LogP contribution in [-0.2, 0) is 24.2 Å². The van der Waals surface area contributed by atoms with Crippen LogP contribution in [0.4, 0.5) is 0 Å². The van der Waals surface area contributed by atoms with Crippen molar-refractivity contribution in [2.45, 2.75) is 64.8 Å². The normalized spacial score (nSPS) is 14.5. The summed E-state index contributed by atoms with van der Waals surface area (Å²) >= 11 is 0. The fourth-order valence-electron chi connectivity index (χ4n) is 5.18. The molecule has 2 aromatic heterocycles. The summed E-state index contributed by atoms with van der Waals surface area (Å²) < 4.78 is 2.27. The highest BCUT2D eigenvalue weighted by molar-refractivity contribution is 5.90. The third-order valence-corrected chi connectivity index (χ3v) is 6.95. The zero-order chi connectivity index (χ0) is 25.6. The highest BCUT2D eigenvalue weighted by Crippen LogP contribution is 2.33. The Morgan fingerprint density at radius 2 is 1.84 bits per heavy atom. The van der Waals surface area contributed by atoms with Crippen LogP contribution in [-0.4, -0.2) is 41.3 Å². The van der Waals surface area contributed by atoms with Gasteiger partial charge in [-0.15, -0.1) is 10.2 Å². The largest absolute Gasteiger partial charge is 0.478 e. The lowest BCUT2D eigenvalue weighted by Crippen LogP contribution is -2.10. The van der Waals surface area contributed by atoms with E-state index < -0.39 is 5.97 Å². The molecule has 0 radical (unpaired) electrons. The summed E-state index contributed by atoms with van der Waals surface area (Å²) in [6, 6.07) is 16.6. The van der Waals surface area contributed by atoms with E-state index in [4.69, 9.17) is 4.98 Å². The van der Waals surface area contributed by atoms with Crippen molar-refractivity contribution >= 4 is 11.5 Å². The van der Waals surface area contributed by atoms with Crippen molar-refractivity contribution in [2.75, 3.05) is 0 Å². The summed E-state index contributed by atoms with van der Waals surface area (Å²) in [5, 5.41) is 24.1. The minimum absolute atomic E-state index is 0.565. The molecule has 4 aromatic rings. The van der Waals surface area contributed by atoms with Gasteiger partial charge in [0.05, 0.1) is 11.4 Å². The minimum atomic E-state index is -0.896. The molecule has 37 heavy (non-hydrogen) atoms. The Balaban J connectivity index is 1.49. The molecule has 1 aliphatic rings. The SMILES string of the molecule is CCCCCc1nc2c(n1Cc1ccc(-c3ccccc3-c3nn[nH]n3)cc1)/C(=C/C(=O)O)CCCC2. The number of tetrazole rings is 1. The molecule has 0 saturated heterocycles. The van der Waals surface area contributed by atoms with Crippen LogP contribution in [0, 0.1) is 0 Å². The number of aromatic amines is 1. The second-order valence-electron chi connectivity index (χ2n) is 9.56. The number of aromatic nitrogens is 6. The number of carboxylic acid groups (broad SMARTS) is 1. The molecule has 2 heterocycles. The molecule has 0 saturated carbocycles. The van der Waals surface area contributed by atoms with Crippen LogP contribution >= 0.6 is 0 Å². The smallest absolute Gasteiger partial charge is 0.328 e. The van der Waals surface area contributed by atoms with Crippen LogP contribution in [0.2, 0.25) is 0 Å². The molecule has 0 unspecified atom stereocenters. The molecule has 2 N–H and O–H groups in total. The number of benzene rings is 2. The van der Waals surface area contributed by atoms with Crippen molar-refractivity contribution < 1.29 is 9.90 Å². The first kappa shape index (κ1) is 24.6. The zero-order valence-corrected chi connectivity index (χ0v) is 21.2. The third-order valence-electron chi connectivity index (χ3n) is 6.95. The van der Waals surface area contributed by atoms with E-state index in [0.29, 0.717) is 12.4 Å². The maximum atomic E-state index is 11.6. The van der Waals surface area contributed by atoms with E-state index in [1.165, 1.54) is 6.08 Å². The van der Waals surface area contributed by atoms with Crippen LogP contribution in [0.5, 0.6) is 0 Å². The van der Waals surface area contributed by atoms with Crippen molar-refractivity contribution in [3.8, 4) is 22.5 Å². The number of hydrogen-bond acceptors (Lipinski definition) is 5. The molecular weight excluding hydrogens is 464 g/mol. The Kier molecular flexibility index (Phi) is 7.54. The van der Waals surface area contributed by atoms with Gasteiger partial charge in [0.1, 0.15) is 5.82 Å². The number of aliphatic carboxylic acids is 1. The van der Waals surface area contributed by atoms with Crippen molar-refractivity contribution in [3.63, 3.8) is 0 Å². The molecular formula is C29H32N6O2. The van der Waals surface area contributed by atoms with E-state index >= 15 is 0 Å². The molecule has 2 aromatic carbocycles. The molecule has 0 aliphatic heterocycles. The summed E-state index contributed by atoms with van der Waals surface area (Å²) in [5.41, 5.74) is 7.13. The first-order valence-corrected chi connectivity index (χ1v) is 13.1. The summed E-state index contributed by atoms with van der Waals surface area (Å²) in [7, 11) is 0. The van der Waals surface area contributed by atoms with Crippen LogP contribution in [0.15, 0.2) is 54.6 Å². The molecule has 190 valence electrons. The summed E-state index contributed by atoms with van der Waals surface area (Å²) in [4.78, 5) is 16.7. The number of hydrogen-bond donors (Lipinski definition) is 2. The maximum Gasteiger partial charge on any atom is 0.328 e. The topological polar surface area (TPSA) is 110 Å². The average molecular weight is 497 g/mol. The molecule has 0 spiro atoms. The molecule has 8 heteroatoms. The highest BCUT2D eigenvalue weighted by Gasteiger charge is 2.23. The van der Waals surface area contributed by atoms with Crippen molar-refractivity contribution in [1.82, 2.24) is 30.2 Å². The second-order valence-corrected chi connectivity index (χ2v) is 9.56. The minimum Gasteiger partial charge on any atom is -0.478 e. The molecule has 1 aliphatic carbocycles. The number of nitrogens with zero attached hydrogens (tertiary/aromatic N) is 5. The summed E-state index contributed by atoms with van der Waals surface area (Å²) in [5.74, 6) is 0.728. The number of imidazole rings is 1. The lowest BCUT2D eigenvalue weighted by molar-refractivity contribution is -0.131. The van der Waals surface area contributed by atoms with E-state index in [9.17, 15) is 9.90 Å². The molecule has 0 fully saturated rings. The van der Waals surface area contributed by atoms with Gasteiger partial charge < -0.3 is 9.67 Å². The number of unbranched alkanes of at least 4 members (excludes halogenated alkanes) is 2. The van der Waals surface area contributed by atoms with Crippen LogP contribution in [0.1, 0.15) is 68.2 Å². The Bertz CT molecular complexity index is 1390. The monoisotopic (exact) mass is 496 g/mol. The van der Waals surface area contributed by atoms with Crippen molar-refractivity contribution in [2.24, 2.45) is 0 Å². The van der Waals surface area contributed by atoms with Gasteiger partial charge in [0, 0.05) is 24.6 Å². The Labute approximate surface area is 216 Å². The number of allylic oxidation sites excluding steroid dienone is 1. The average Bonchev–Trinajstić information content (AvgIpc) is 3.51. The van der Waals surface area contributed by atoms with E-state index in [2.05, 4.69) is 62.4 Å². The number of nitrogens with one attached hydrogen (secondary N) is 1. The summed E-state index contributed by atoms with van der Waals surface area (Å²) in [6.07, 6.45) is 9.35. The fourth-order valence-corrected chi connectivity index (χ4v) is 5.18. The van der Waals surface area contributed by atoms with E-state index in [1.54, 1.807) is 0 Å². The van der Waals surface area contributed by atoms with Gasteiger partial charge in [-0.2, -0.15) is 5.21 Å². The van der Waals surface area contributed by atoms with Gasteiger partial charge in [-0.25, -0.2) is 9.78 Å². The second kappa shape index (κ2) is 11.3. The summed E-state index contributed by atoms with van der Waals surface area (Å²) in [6.45, 7) is 2.86. The molecule has 0 bridgehead atoms. The first-order valence-electron chi connectivity index (χ1n) is 13.1. The number of rotatable bonds is 9. The van der Waals surface area contributed by atoms with Gasteiger partial charge in [-0.05, 0) is 59.6 Å². The highest BCUT2D eigenvalue weighted by atomic mass is 16.4. The van der Waals surface area contributed by atoms with Crippen molar-refractivity contribution in [1.29, 1.82) is 0 Å². The Morgan fingerprint density at radius 3 is 2.57 bits per heavy atom. The predicted octanol–water partition coefficient (Wildman–Crippen LogP) is 5.71. The van der Waals surface area contributed by atoms with Crippen molar-refractivity contribution in [3.05, 3.63) is 77.4 Å². The van der Waals surface area contributed by atoms with Gasteiger partial charge in [0.2, 0.25) is 5.82 Å². The van der Waals surface area contributed by atoms with Crippen LogP contribution in [0.3, 0.4) is 0 Å². The number of fused-ring (bicyclic) bond motifs is 1. The third kappa shape index (κ3) is 5.53. The molecule has 8 nitrogen and oxygen atoms in total. The quantitative estimate of drug-likeness (QED) is 0.175. The number of carbonyl (C=O) groups is 1. The zero-order valence-electron chi connectivity index (χ0n) is 21.2. The Hall–Kier alpha value is -4.07. The van der Waals surface area contributed by atoms with Crippen LogP contribution in [0.25, 0.3) is 28.1 Å². The molecule has 5 rings (SSSR count). The number of carboxylic acids is 1. The van der Waals surface area contributed by atoms with E-state index in [1.807, 2.05) is 18.2 Å². The number of H-pyrrole nitrogens is 1. The molecule has 0 amide bonds. The van der Waals surface area contributed by atoms with E-state index in [-0.39, 0.29) is 0 Å². The first-order chi connectivity index (χ1) is 18.1. The van der Waals surface area contributed by atoms with Gasteiger partial charge in [-0.3, -0.25) is 0 Å². The van der Waals surface area contributed by atoms with Gasteiger partial charge >= 0.3 is 5.97 Å². The standard InChI is InChI=1S/C29H32N6O2/c1-2-3-4-13-26-30-25-12-8-5-9-22(18-27(36)37)28(25)35(26)19-20-14-16-21(17-15-20)23-10-6-7-11-24(23)29-31-33-34-32-29/h6-7,10-11,14-18H,2-5,8-9,12-13,19H2,1H3,(H,36,37)(H,31,32,33,34)/b22-18+. The Morgan fingerprint density at radius 1 is 1.05 bits per heavy atom. The van der Waals surface area contributed by atoms with Crippen LogP contribution < -0.4 is 0 Å².